The number of aliphatic hydroxyl groups excluding tert-OH is 1. The number of ether oxygens (including phenoxy) is 3. The van der Waals surface area contributed by atoms with Crippen LogP contribution in [0.2, 0.25) is 5.02 Å². The van der Waals surface area contributed by atoms with Gasteiger partial charge in [0.25, 0.3) is 5.91 Å². The average Bonchev–Trinajstić information content (AvgIpc) is 3.26. The lowest BCUT2D eigenvalue weighted by molar-refractivity contribution is -0.138. The maximum Gasteiger partial charge on any atom is 0.344 e. The van der Waals surface area contributed by atoms with Crippen LogP contribution in [0, 0.1) is 0 Å². The van der Waals surface area contributed by atoms with Crippen molar-refractivity contribution in [2.75, 3.05) is 13.7 Å². The Morgan fingerprint density at radius 2 is 1.69 bits per heavy atom. The monoisotopic (exact) mass is 605 g/mol. The van der Waals surface area contributed by atoms with Gasteiger partial charge >= 0.3 is 5.97 Å². The Labute approximate surface area is 254 Å². The Bertz CT molecular complexity index is 1570. The van der Waals surface area contributed by atoms with Crippen molar-refractivity contribution in [2.45, 2.75) is 39.7 Å². The van der Waals surface area contributed by atoms with E-state index in [-0.39, 0.29) is 28.4 Å². The van der Waals surface area contributed by atoms with Crippen LogP contribution in [0.3, 0.4) is 0 Å². The van der Waals surface area contributed by atoms with Gasteiger partial charge in [0.1, 0.15) is 23.0 Å². The highest BCUT2D eigenvalue weighted by atomic mass is 35.5. The van der Waals surface area contributed by atoms with Crippen molar-refractivity contribution in [3.8, 4) is 11.5 Å². The third-order valence-electron chi connectivity index (χ3n) is 6.36. The van der Waals surface area contributed by atoms with Gasteiger partial charge in [-0.2, -0.15) is 0 Å². The minimum atomic E-state index is -0.760. The standard InChI is InChI=1S/C33H32ClNO6S/c1-6-40-32(38)28-29(36)27(42-31(28)35-30(37)22-10-12-23(13-11-22)33(2,3)4)18-21-9-16-25(26(17-21)39-5)41-19-20-7-14-24(34)15-8-20/h7-18,36H,6,19H2,1-5H3/b27-18-,35-31?. The number of hydrogen-bond donors (Lipinski definition) is 1. The summed E-state index contributed by atoms with van der Waals surface area (Å²) in [5, 5.41) is 11.7. The summed E-state index contributed by atoms with van der Waals surface area (Å²) in [6.07, 6.45) is 1.68. The molecule has 0 aromatic heterocycles. The molecule has 1 heterocycles. The van der Waals surface area contributed by atoms with E-state index in [0.717, 1.165) is 22.9 Å². The molecule has 3 aromatic rings. The normalized spacial score (nSPS) is 15.3. The van der Waals surface area contributed by atoms with E-state index in [4.69, 9.17) is 25.8 Å². The van der Waals surface area contributed by atoms with Crippen molar-refractivity contribution in [1.29, 1.82) is 0 Å². The Morgan fingerprint density at radius 1 is 1.00 bits per heavy atom. The lowest BCUT2D eigenvalue weighted by Crippen LogP contribution is -2.14. The van der Waals surface area contributed by atoms with Crippen molar-refractivity contribution < 1.29 is 28.9 Å². The smallest absolute Gasteiger partial charge is 0.344 e. The number of methoxy groups -OCH3 is 1. The van der Waals surface area contributed by atoms with Gasteiger partial charge < -0.3 is 19.3 Å². The van der Waals surface area contributed by atoms with Crippen LogP contribution in [0.4, 0.5) is 0 Å². The molecule has 3 aromatic carbocycles. The molecule has 0 spiro atoms. The molecule has 7 nitrogen and oxygen atoms in total. The van der Waals surface area contributed by atoms with Crippen LogP contribution in [-0.4, -0.2) is 35.7 Å². The summed E-state index contributed by atoms with van der Waals surface area (Å²) in [7, 11) is 1.53. The molecular formula is C33H32ClNO6S. The van der Waals surface area contributed by atoms with E-state index in [1.54, 1.807) is 55.5 Å². The number of carbonyl (C=O) groups excluding carboxylic acids is 2. The van der Waals surface area contributed by atoms with E-state index in [1.807, 2.05) is 24.3 Å². The first-order chi connectivity index (χ1) is 20.0. The Balaban J connectivity index is 1.60. The summed E-state index contributed by atoms with van der Waals surface area (Å²) in [5.74, 6) is -0.582. The number of nitrogens with zero attached hydrogens (tertiary/aromatic N) is 1. The fourth-order valence-electron chi connectivity index (χ4n) is 4.05. The highest BCUT2D eigenvalue weighted by Gasteiger charge is 2.34. The van der Waals surface area contributed by atoms with E-state index in [9.17, 15) is 14.7 Å². The lowest BCUT2D eigenvalue weighted by atomic mass is 9.87. The van der Waals surface area contributed by atoms with E-state index in [1.165, 1.54) is 7.11 Å². The number of amides is 1. The molecule has 0 saturated heterocycles. The molecule has 0 bridgehead atoms. The number of rotatable bonds is 8. The van der Waals surface area contributed by atoms with Gasteiger partial charge in [-0.1, -0.05) is 74.5 Å². The van der Waals surface area contributed by atoms with Gasteiger partial charge in [-0.3, -0.25) is 4.79 Å². The predicted molar refractivity (Wildman–Crippen MR) is 168 cm³/mol. The number of aliphatic imine (C=N–C) groups is 1. The maximum absolute atomic E-state index is 13.0. The van der Waals surface area contributed by atoms with E-state index < -0.39 is 11.9 Å². The lowest BCUT2D eigenvalue weighted by Gasteiger charge is -2.18. The quantitative estimate of drug-likeness (QED) is 0.261. The fraction of sp³-hybridized carbons (Fsp3) is 0.242. The van der Waals surface area contributed by atoms with E-state index in [2.05, 4.69) is 25.8 Å². The first-order valence-electron chi connectivity index (χ1n) is 13.3. The van der Waals surface area contributed by atoms with Crippen LogP contribution in [0.1, 0.15) is 54.7 Å². The molecule has 0 unspecified atom stereocenters. The Hall–Kier alpha value is -4.01. The van der Waals surface area contributed by atoms with E-state index >= 15 is 0 Å². The summed E-state index contributed by atoms with van der Waals surface area (Å²) in [6.45, 7) is 8.35. The topological polar surface area (TPSA) is 94.4 Å². The zero-order chi connectivity index (χ0) is 30.4. The summed E-state index contributed by atoms with van der Waals surface area (Å²) >= 11 is 6.97. The van der Waals surface area contributed by atoms with Crippen LogP contribution in [-0.2, 0) is 21.6 Å². The number of carbonyl (C=O) groups is 2. The van der Waals surface area contributed by atoms with Crippen molar-refractivity contribution >= 4 is 46.4 Å². The van der Waals surface area contributed by atoms with Crippen LogP contribution >= 0.6 is 23.4 Å². The fourth-order valence-corrected chi connectivity index (χ4v) is 5.19. The first kappa shape index (κ1) is 30.9. The highest BCUT2D eigenvalue weighted by Crippen LogP contribution is 2.40. The molecule has 1 aliphatic heterocycles. The van der Waals surface area contributed by atoms with Crippen molar-refractivity contribution in [2.24, 2.45) is 4.99 Å². The molecule has 0 atom stereocenters. The van der Waals surface area contributed by atoms with Gasteiger partial charge in [-0.15, -0.1) is 0 Å². The summed E-state index contributed by atoms with van der Waals surface area (Å²) in [6, 6.07) is 19.8. The van der Waals surface area contributed by atoms with Gasteiger partial charge in [-0.25, -0.2) is 9.79 Å². The number of aliphatic hydroxyl groups is 1. The molecule has 0 aliphatic carbocycles. The number of hydrogen-bond acceptors (Lipinski definition) is 7. The molecule has 1 N–H and O–H groups in total. The minimum absolute atomic E-state index is 0.0657. The van der Waals surface area contributed by atoms with Gasteiger partial charge in [0.05, 0.1) is 18.6 Å². The molecule has 0 saturated carbocycles. The predicted octanol–water partition coefficient (Wildman–Crippen LogP) is 7.93. The molecule has 42 heavy (non-hydrogen) atoms. The van der Waals surface area contributed by atoms with Gasteiger partial charge in [0, 0.05) is 10.6 Å². The second-order valence-electron chi connectivity index (χ2n) is 10.4. The van der Waals surface area contributed by atoms with Crippen LogP contribution in [0.25, 0.3) is 6.08 Å². The molecule has 0 radical (unpaired) electrons. The largest absolute Gasteiger partial charge is 0.506 e. The molecule has 1 amide bonds. The highest BCUT2D eigenvalue weighted by molar-refractivity contribution is 8.18. The second-order valence-corrected chi connectivity index (χ2v) is 11.9. The molecule has 218 valence electrons. The second kappa shape index (κ2) is 13.3. The van der Waals surface area contributed by atoms with Crippen LogP contribution < -0.4 is 9.47 Å². The van der Waals surface area contributed by atoms with E-state index in [0.29, 0.717) is 39.2 Å². The van der Waals surface area contributed by atoms with Gasteiger partial charge in [0.2, 0.25) is 0 Å². The molecular weight excluding hydrogens is 574 g/mol. The van der Waals surface area contributed by atoms with Crippen LogP contribution in [0.15, 0.2) is 88.0 Å². The molecule has 4 rings (SSSR count). The zero-order valence-corrected chi connectivity index (χ0v) is 25.6. The summed E-state index contributed by atoms with van der Waals surface area (Å²) in [5.41, 5.74) is 2.85. The summed E-state index contributed by atoms with van der Waals surface area (Å²) in [4.78, 5) is 30.4. The third kappa shape index (κ3) is 7.43. The SMILES string of the molecule is CCOC(=O)C1=C(O)/C(=C/c2ccc(OCc3ccc(Cl)cc3)c(OC)c2)SC1=NC(=O)c1ccc(C(C)(C)C)cc1. The minimum Gasteiger partial charge on any atom is -0.506 e. The van der Waals surface area contributed by atoms with Gasteiger partial charge in [-0.05, 0) is 71.5 Å². The number of esters is 1. The first-order valence-corrected chi connectivity index (χ1v) is 14.5. The van der Waals surface area contributed by atoms with Crippen molar-refractivity contribution in [3.05, 3.63) is 110 Å². The number of benzene rings is 3. The average molecular weight is 606 g/mol. The van der Waals surface area contributed by atoms with Crippen LogP contribution in [0.5, 0.6) is 11.5 Å². The van der Waals surface area contributed by atoms with Crippen molar-refractivity contribution in [1.82, 2.24) is 0 Å². The molecule has 9 heteroatoms. The maximum atomic E-state index is 13.0. The van der Waals surface area contributed by atoms with Gasteiger partial charge in [0.15, 0.2) is 11.5 Å². The molecule has 0 fully saturated rings. The summed E-state index contributed by atoms with van der Waals surface area (Å²) < 4.78 is 16.6. The third-order valence-corrected chi connectivity index (χ3v) is 7.64. The molecule has 1 aliphatic rings. The Kier molecular flexibility index (Phi) is 9.81. The number of thioether (sulfide) groups is 1. The van der Waals surface area contributed by atoms with Crippen molar-refractivity contribution in [3.63, 3.8) is 0 Å². The Morgan fingerprint density at radius 3 is 2.31 bits per heavy atom. The number of halogens is 1. The zero-order valence-electron chi connectivity index (χ0n) is 24.1.